The lowest BCUT2D eigenvalue weighted by Crippen LogP contribution is -2.43. The Morgan fingerprint density at radius 1 is 1.35 bits per heavy atom. The molecular formula is C12H13IO6S. The van der Waals surface area contributed by atoms with E-state index in [1.807, 2.05) is 0 Å². The van der Waals surface area contributed by atoms with E-state index in [2.05, 4.69) is 27.3 Å². The van der Waals surface area contributed by atoms with E-state index in [9.17, 15) is 14.4 Å². The molecule has 0 N–H and O–H groups in total. The molecule has 0 radical (unpaired) electrons. The predicted molar refractivity (Wildman–Crippen MR) is 80.1 cm³/mol. The number of hydrogen-bond donors (Lipinski definition) is 0. The van der Waals surface area contributed by atoms with Crippen LogP contribution in [0.25, 0.3) is 0 Å². The van der Waals surface area contributed by atoms with Gasteiger partial charge in [-0.25, -0.2) is 9.59 Å². The van der Waals surface area contributed by atoms with Gasteiger partial charge in [-0.05, 0) is 6.42 Å². The second kappa shape index (κ2) is 7.17. The van der Waals surface area contributed by atoms with Crippen molar-refractivity contribution in [3.8, 4) is 12.5 Å². The molecule has 1 fully saturated rings. The third kappa shape index (κ3) is 3.38. The normalized spacial score (nSPS) is 23.5. The third-order valence-corrected chi connectivity index (χ3v) is 6.31. The van der Waals surface area contributed by atoms with Gasteiger partial charge in [0.2, 0.25) is 4.75 Å². The molecule has 2 atom stereocenters. The monoisotopic (exact) mass is 412 g/mol. The minimum Gasteiger partial charge on any atom is -0.468 e. The van der Waals surface area contributed by atoms with Crippen LogP contribution in [0.15, 0.2) is 0 Å². The fourth-order valence-corrected chi connectivity index (χ4v) is 5.17. The first-order chi connectivity index (χ1) is 9.41. The van der Waals surface area contributed by atoms with Gasteiger partial charge in [0.1, 0.15) is 6.11 Å². The van der Waals surface area contributed by atoms with Crippen molar-refractivity contribution < 1.29 is 28.6 Å². The topological polar surface area (TPSA) is 78.9 Å². The average Bonchev–Trinajstić information content (AvgIpc) is 2.75. The fourth-order valence-electron chi connectivity index (χ4n) is 1.90. The molecule has 1 aliphatic rings. The first-order valence-electron chi connectivity index (χ1n) is 5.55. The summed E-state index contributed by atoms with van der Waals surface area (Å²) in [6.07, 6.45) is 6.92. The maximum absolute atomic E-state index is 11.9. The molecule has 1 aliphatic heterocycles. The molecule has 0 saturated carbocycles. The summed E-state index contributed by atoms with van der Waals surface area (Å²) in [6, 6.07) is 0. The Labute approximate surface area is 134 Å². The highest BCUT2D eigenvalue weighted by molar-refractivity contribution is 14.1. The molecule has 8 heteroatoms. The maximum Gasteiger partial charge on any atom is 0.333 e. The number of alkyl halides is 1. The number of halogens is 1. The molecule has 0 amide bonds. The molecule has 110 valence electrons. The van der Waals surface area contributed by atoms with Gasteiger partial charge in [0.05, 0.1) is 20.6 Å². The highest BCUT2D eigenvalue weighted by atomic mass is 127. The molecule has 0 spiro atoms. The molecule has 0 aromatic carbocycles. The molecule has 0 unspecified atom stereocenters. The summed E-state index contributed by atoms with van der Waals surface area (Å²) >= 11 is 3.14. The number of rotatable bonds is 4. The van der Waals surface area contributed by atoms with Crippen molar-refractivity contribution in [3.05, 3.63) is 0 Å². The number of terminal acetylenes is 1. The SMILES string of the molecule is C#COC(=O)C[C@@H]1SC(C(=O)OC)(C(=O)OC)C[C@@H]1I. The Bertz CT molecular complexity index is 441. The summed E-state index contributed by atoms with van der Waals surface area (Å²) in [5.74, 6) is -1.93. The Morgan fingerprint density at radius 2 is 1.90 bits per heavy atom. The van der Waals surface area contributed by atoms with Crippen LogP contribution in [0.3, 0.4) is 0 Å². The van der Waals surface area contributed by atoms with Crippen molar-refractivity contribution in [2.24, 2.45) is 0 Å². The zero-order valence-electron chi connectivity index (χ0n) is 10.9. The van der Waals surface area contributed by atoms with Crippen LogP contribution in [0.5, 0.6) is 0 Å². The summed E-state index contributed by atoms with van der Waals surface area (Å²) in [7, 11) is 2.41. The van der Waals surface area contributed by atoms with Gasteiger partial charge in [-0.1, -0.05) is 29.0 Å². The summed E-state index contributed by atoms with van der Waals surface area (Å²) in [5, 5.41) is -0.283. The number of hydrogen-bond acceptors (Lipinski definition) is 7. The van der Waals surface area contributed by atoms with Crippen molar-refractivity contribution in [2.45, 2.75) is 26.8 Å². The molecule has 1 rings (SSSR count). The smallest absolute Gasteiger partial charge is 0.333 e. The molecule has 0 aromatic rings. The molecule has 1 heterocycles. The lowest BCUT2D eigenvalue weighted by molar-refractivity contribution is -0.155. The van der Waals surface area contributed by atoms with Crippen LogP contribution in [0, 0.1) is 12.5 Å². The molecule has 0 bridgehead atoms. The summed E-state index contributed by atoms with van der Waals surface area (Å²) in [6.45, 7) is 0. The van der Waals surface area contributed by atoms with Crippen LogP contribution in [-0.4, -0.2) is 46.0 Å². The van der Waals surface area contributed by atoms with E-state index in [1.54, 1.807) is 6.11 Å². The third-order valence-electron chi connectivity index (χ3n) is 2.81. The second-order valence-electron chi connectivity index (χ2n) is 3.98. The first kappa shape index (κ1) is 17.1. The number of carbonyl (C=O) groups excluding carboxylic acids is 3. The minimum absolute atomic E-state index is 0.0121. The molecular weight excluding hydrogens is 399 g/mol. The summed E-state index contributed by atoms with van der Waals surface area (Å²) in [5.41, 5.74) is 0. The van der Waals surface area contributed by atoms with Gasteiger partial charge in [-0.3, -0.25) is 4.79 Å². The van der Waals surface area contributed by atoms with E-state index in [0.29, 0.717) is 0 Å². The first-order valence-corrected chi connectivity index (χ1v) is 7.67. The van der Waals surface area contributed by atoms with Gasteiger partial charge in [-0.15, -0.1) is 11.8 Å². The van der Waals surface area contributed by atoms with E-state index in [-0.39, 0.29) is 22.0 Å². The van der Waals surface area contributed by atoms with Crippen molar-refractivity contribution in [2.75, 3.05) is 14.2 Å². The van der Waals surface area contributed by atoms with Crippen LogP contribution in [0.2, 0.25) is 0 Å². The van der Waals surface area contributed by atoms with Crippen molar-refractivity contribution in [1.82, 2.24) is 0 Å². The maximum atomic E-state index is 11.9. The zero-order chi connectivity index (χ0) is 15.3. The quantitative estimate of drug-likeness (QED) is 0.170. The van der Waals surface area contributed by atoms with Gasteiger partial charge in [0.25, 0.3) is 0 Å². The van der Waals surface area contributed by atoms with Crippen LogP contribution in [0.1, 0.15) is 12.8 Å². The number of ether oxygens (including phenoxy) is 3. The molecule has 1 saturated heterocycles. The van der Waals surface area contributed by atoms with E-state index in [1.165, 1.54) is 14.2 Å². The average molecular weight is 412 g/mol. The number of methoxy groups -OCH3 is 2. The van der Waals surface area contributed by atoms with E-state index in [0.717, 1.165) is 11.8 Å². The van der Waals surface area contributed by atoms with E-state index in [4.69, 9.17) is 15.9 Å². The highest BCUT2D eigenvalue weighted by Gasteiger charge is 2.58. The van der Waals surface area contributed by atoms with Gasteiger partial charge in [0.15, 0.2) is 0 Å². The lowest BCUT2D eigenvalue weighted by Gasteiger charge is -2.22. The summed E-state index contributed by atoms with van der Waals surface area (Å²) in [4.78, 5) is 35.3. The van der Waals surface area contributed by atoms with E-state index >= 15 is 0 Å². The number of esters is 3. The fraction of sp³-hybridized carbons (Fsp3) is 0.583. The van der Waals surface area contributed by atoms with Crippen LogP contribution < -0.4 is 0 Å². The number of thioether (sulfide) groups is 1. The summed E-state index contributed by atoms with van der Waals surface area (Å²) < 4.78 is 12.3. The van der Waals surface area contributed by atoms with Crippen molar-refractivity contribution in [3.63, 3.8) is 0 Å². The number of carbonyl (C=O) groups is 3. The lowest BCUT2D eigenvalue weighted by atomic mass is 10.0. The van der Waals surface area contributed by atoms with Gasteiger partial charge >= 0.3 is 17.9 Å². The highest BCUT2D eigenvalue weighted by Crippen LogP contribution is 2.49. The van der Waals surface area contributed by atoms with Crippen LogP contribution in [-0.2, 0) is 28.6 Å². The molecule has 0 aliphatic carbocycles. The van der Waals surface area contributed by atoms with Gasteiger partial charge in [0, 0.05) is 9.17 Å². The second-order valence-corrected chi connectivity index (χ2v) is 7.12. The standard InChI is InChI=1S/C12H13IO6S/c1-4-19-9(14)5-8-7(13)6-12(20-8,10(15)17-2)11(16)18-3/h1,7-8H,5-6H2,2-3H3/t7-,8-/m0/s1. The Kier molecular flexibility index (Phi) is 6.13. The Morgan fingerprint density at radius 3 is 2.35 bits per heavy atom. The predicted octanol–water partition coefficient (Wildman–Crippen LogP) is 0.904. The molecule has 0 aromatic heterocycles. The van der Waals surface area contributed by atoms with E-state index < -0.39 is 22.7 Å². The molecule has 6 nitrogen and oxygen atoms in total. The van der Waals surface area contributed by atoms with Crippen molar-refractivity contribution in [1.29, 1.82) is 0 Å². The van der Waals surface area contributed by atoms with Crippen LogP contribution >= 0.6 is 34.4 Å². The zero-order valence-corrected chi connectivity index (χ0v) is 13.9. The van der Waals surface area contributed by atoms with Gasteiger partial charge in [-0.2, -0.15) is 0 Å². The van der Waals surface area contributed by atoms with Crippen LogP contribution in [0.4, 0.5) is 0 Å². The molecule has 20 heavy (non-hydrogen) atoms. The Hall–Kier alpha value is -0.950. The minimum atomic E-state index is -1.43. The van der Waals surface area contributed by atoms with Gasteiger partial charge < -0.3 is 14.2 Å². The largest absolute Gasteiger partial charge is 0.468 e. The van der Waals surface area contributed by atoms with Crippen molar-refractivity contribution >= 4 is 52.3 Å². The Balaban J connectivity index is 2.92.